The summed E-state index contributed by atoms with van der Waals surface area (Å²) in [7, 11) is 0. The van der Waals surface area contributed by atoms with Gasteiger partial charge in [0.05, 0.1) is 6.10 Å². The quantitative estimate of drug-likeness (QED) is 0.839. The van der Waals surface area contributed by atoms with Crippen LogP contribution in [0.1, 0.15) is 24.5 Å². The van der Waals surface area contributed by atoms with Crippen LogP contribution in [0.4, 0.5) is 0 Å². The van der Waals surface area contributed by atoms with Crippen molar-refractivity contribution in [3.05, 3.63) is 34.9 Å². The van der Waals surface area contributed by atoms with E-state index >= 15 is 0 Å². The minimum atomic E-state index is -0.406. The van der Waals surface area contributed by atoms with Crippen molar-refractivity contribution in [3.63, 3.8) is 0 Å². The Hall–Kier alpha value is -0.180. The molecule has 0 radical (unpaired) electrons. The van der Waals surface area contributed by atoms with E-state index in [0.717, 1.165) is 17.7 Å². The maximum Gasteiger partial charge on any atom is 0.0922 e. The van der Waals surface area contributed by atoms with E-state index in [0.29, 0.717) is 10.3 Å². The van der Waals surface area contributed by atoms with Crippen LogP contribution in [-0.2, 0) is 0 Å². The summed E-state index contributed by atoms with van der Waals surface area (Å²) in [5.41, 5.74) is 0.869. The van der Waals surface area contributed by atoms with Crippen molar-refractivity contribution in [2.45, 2.75) is 24.2 Å². The zero-order valence-electron chi connectivity index (χ0n) is 7.82. The van der Waals surface area contributed by atoms with Crippen molar-refractivity contribution < 1.29 is 5.11 Å². The van der Waals surface area contributed by atoms with E-state index in [9.17, 15) is 5.11 Å². The Kier molecular flexibility index (Phi) is 3.37. The second kappa shape index (κ2) is 4.56. The van der Waals surface area contributed by atoms with E-state index in [-0.39, 0.29) is 0 Å². The van der Waals surface area contributed by atoms with Gasteiger partial charge in [-0.05, 0) is 24.7 Å². The first-order valence-corrected chi connectivity index (χ1v) is 6.26. The first kappa shape index (κ1) is 10.3. The van der Waals surface area contributed by atoms with Crippen molar-refractivity contribution in [2.75, 3.05) is 5.75 Å². The summed E-state index contributed by atoms with van der Waals surface area (Å²) in [6, 6.07) is 7.55. The molecule has 1 aliphatic heterocycles. The summed E-state index contributed by atoms with van der Waals surface area (Å²) in [6.45, 7) is 0. The average molecular weight is 229 g/mol. The molecule has 2 atom stereocenters. The summed E-state index contributed by atoms with van der Waals surface area (Å²) >= 11 is 7.87. The Bertz CT molecular complexity index is 310. The molecule has 1 saturated heterocycles. The Balaban J connectivity index is 2.17. The molecule has 0 aromatic heterocycles. The Morgan fingerprint density at radius 2 is 2.21 bits per heavy atom. The van der Waals surface area contributed by atoms with Gasteiger partial charge in [0, 0.05) is 15.8 Å². The van der Waals surface area contributed by atoms with Gasteiger partial charge in [0.2, 0.25) is 0 Å². The molecule has 1 aromatic rings. The Morgan fingerprint density at radius 1 is 1.43 bits per heavy atom. The van der Waals surface area contributed by atoms with Gasteiger partial charge < -0.3 is 5.11 Å². The fourth-order valence-electron chi connectivity index (χ4n) is 1.77. The minimum Gasteiger partial charge on any atom is -0.387 e. The van der Waals surface area contributed by atoms with Crippen LogP contribution in [0.3, 0.4) is 0 Å². The van der Waals surface area contributed by atoms with Gasteiger partial charge in [-0.3, -0.25) is 0 Å². The molecule has 2 unspecified atom stereocenters. The molecule has 1 aliphatic rings. The van der Waals surface area contributed by atoms with E-state index in [1.54, 1.807) is 0 Å². The highest BCUT2D eigenvalue weighted by Crippen LogP contribution is 2.37. The van der Waals surface area contributed by atoms with Gasteiger partial charge >= 0.3 is 0 Å². The molecular weight excluding hydrogens is 216 g/mol. The van der Waals surface area contributed by atoms with Crippen molar-refractivity contribution in [3.8, 4) is 0 Å². The molecule has 0 amide bonds. The summed E-state index contributed by atoms with van der Waals surface area (Å²) in [5, 5.41) is 11.1. The molecule has 1 fully saturated rings. The zero-order chi connectivity index (χ0) is 9.97. The lowest BCUT2D eigenvalue weighted by molar-refractivity contribution is 0.173. The van der Waals surface area contributed by atoms with Gasteiger partial charge in [-0.1, -0.05) is 29.8 Å². The predicted octanol–water partition coefficient (Wildman–Crippen LogP) is 3.27. The van der Waals surface area contributed by atoms with Crippen LogP contribution in [0.5, 0.6) is 0 Å². The molecule has 1 heterocycles. The third-order valence-corrected chi connectivity index (χ3v) is 4.33. The summed E-state index contributed by atoms with van der Waals surface area (Å²) in [6.07, 6.45) is 1.89. The number of benzene rings is 1. The van der Waals surface area contributed by atoms with E-state index < -0.39 is 6.10 Å². The van der Waals surface area contributed by atoms with Crippen LogP contribution in [0.15, 0.2) is 24.3 Å². The fraction of sp³-hybridized carbons (Fsp3) is 0.455. The standard InChI is InChI=1S/C11H13ClOS/c12-9-5-2-1-4-8(9)11(13)10-6-3-7-14-10/h1-2,4-5,10-11,13H,3,6-7H2. The van der Waals surface area contributed by atoms with Crippen LogP contribution < -0.4 is 0 Å². The van der Waals surface area contributed by atoms with Crippen molar-refractivity contribution >= 4 is 23.4 Å². The highest BCUT2D eigenvalue weighted by Gasteiger charge is 2.26. The van der Waals surface area contributed by atoms with E-state index in [4.69, 9.17) is 11.6 Å². The predicted molar refractivity (Wildman–Crippen MR) is 61.9 cm³/mol. The third-order valence-electron chi connectivity index (χ3n) is 2.54. The molecule has 1 nitrogen and oxygen atoms in total. The molecule has 3 heteroatoms. The van der Waals surface area contributed by atoms with Gasteiger partial charge in [0.15, 0.2) is 0 Å². The number of hydrogen-bond acceptors (Lipinski definition) is 2. The van der Waals surface area contributed by atoms with Crippen LogP contribution in [0, 0.1) is 0 Å². The largest absolute Gasteiger partial charge is 0.387 e. The number of rotatable bonds is 2. The first-order chi connectivity index (χ1) is 6.79. The van der Waals surface area contributed by atoms with Gasteiger partial charge in [0.25, 0.3) is 0 Å². The molecular formula is C11H13ClOS. The summed E-state index contributed by atoms with van der Waals surface area (Å²) in [5.74, 6) is 1.16. The second-order valence-corrected chi connectivity index (χ2v) is 5.27. The number of thioether (sulfide) groups is 1. The third kappa shape index (κ3) is 2.08. The Morgan fingerprint density at radius 3 is 2.86 bits per heavy atom. The van der Waals surface area contributed by atoms with Gasteiger partial charge in [-0.15, -0.1) is 0 Å². The molecule has 2 rings (SSSR count). The van der Waals surface area contributed by atoms with Crippen LogP contribution in [0.2, 0.25) is 5.02 Å². The fourth-order valence-corrected chi connectivity index (χ4v) is 3.31. The zero-order valence-corrected chi connectivity index (χ0v) is 9.39. The van der Waals surface area contributed by atoms with E-state index in [1.165, 1.54) is 6.42 Å². The number of halogens is 1. The molecule has 76 valence electrons. The molecule has 0 aliphatic carbocycles. The van der Waals surface area contributed by atoms with Crippen molar-refractivity contribution in [1.82, 2.24) is 0 Å². The van der Waals surface area contributed by atoms with Crippen LogP contribution >= 0.6 is 23.4 Å². The van der Waals surface area contributed by atoms with Gasteiger partial charge in [-0.25, -0.2) is 0 Å². The number of aliphatic hydroxyl groups excluding tert-OH is 1. The lowest BCUT2D eigenvalue weighted by atomic mass is 10.0. The molecule has 1 aromatic carbocycles. The molecule has 1 N–H and O–H groups in total. The van der Waals surface area contributed by atoms with Crippen molar-refractivity contribution in [2.24, 2.45) is 0 Å². The topological polar surface area (TPSA) is 20.2 Å². The molecule has 0 bridgehead atoms. The van der Waals surface area contributed by atoms with Crippen molar-refractivity contribution in [1.29, 1.82) is 0 Å². The summed E-state index contributed by atoms with van der Waals surface area (Å²) < 4.78 is 0. The van der Waals surface area contributed by atoms with Gasteiger partial charge in [-0.2, -0.15) is 11.8 Å². The lowest BCUT2D eigenvalue weighted by Crippen LogP contribution is -2.12. The average Bonchev–Trinajstić information content (AvgIpc) is 2.70. The summed E-state index contributed by atoms with van der Waals surface area (Å²) in [4.78, 5) is 0. The SMILES string of the molecule is OC(c1ccccc1Cl)C1CCCS1. The van der Waals surface area contributed by atoms with Crippen LogP contribution in [-0.4, -0.2) is 16.1 Å². The maximum absolute atomic E-state index is 10.1. The normalized spacial score (nSPS) is 23.7. The Labute approximate surface area is 93.5 Å². The monoisotopic (exact) mass is 228 g/mol. The smallest absolute Gasteiger partial charge is 0.0922 e. The molecule has 14 heavy (non-hydrogen) atoms. The van der Waals surface area contributed by atoms with E-state index in [2.05, 4.69) is 0 Å². The first-order valence-electron chi connectivity index (χ1n) is 4.83. The molecule has 0 saturated carbocycles. The molecule has 0 spiro atoms. The highest BCUT2D eigenvalue weighted by molar-refractivity contribution is 8.00. The second-order valence-electron chi connectivity index (χ2n) is 3.52. The lowest BCUT2D eigenvalue weighted by Gasteiger charge is -2.18. The van der Waals surface area contributed by atoms with E-state index in [1.807, 2.05) is 36.0 Å². The minimum absolute atomic E-state index is 0.329. The number of hydrogen-bond donors (Lipinski definition) is 1. The number of aliphatic hydroxyl groups is 1. The highest BCUT2D eigenvalue weighted by atomic mass is 35.5. The van der Waals surface area contributed by atoms with Crippen LogP contribution in [0.25, 0.3) is 0 Å². The maximum atomic E-state index is 10.1. The van der Waals surface area contributed by atoms with Gasteiger partial charge in [0.1, 0.15) is 0 Å².